The van der Waals surface area contributed by atoms with Crippen LogP contribution in [0.15, 0.2) is 22.4 Å². The number of rotatable bonds is 4. The minimum absolute atomic E-state index is 0.00927. The van der Waals surface area contributed by atoms with Crippen LogP contribution in [-0.2, 0) is 13.6 Å². The Balaban J connectivity index is 1.96. The fraction of sp³-hybridized carbons (Fsp3) is 0.400. The van der Waals surface area contributed by atoms with Gasteiger partial charge in [0.05, 0.1) is 5.69 Å². The van der Waals surface area contributed by atoms with Gasteiger partial charge in [0.2, 0.25) is 0 Å². The molecule has 86 valence electrons. The van der Waals surface area contributed by atoms with Gasteiger partial charge < -0.3 is 10.3 Å². The van der Waals surface area contributed by atoms with Gasteiger partial charge in [-0.2, -0.15) is 5.10 Å². The summed E-state index contributed by atoms with van der Waals surface area (Å²) in [7, 11) is 1.92. The van der Waals surface area contributed by atoms with E-state index in [-0.39, 0.29) is 10.9 Å². The fourth-order valence-electron chi connectivity index (χ4n) is 1.58. The third kappa shape index (κ3) is 2.40. The summed E-state index contributed by atoms with van der Waals surface area (Å²) >= 11 is 1.19. The number of aromatic nitrogens is 3. The van der Waals surface area contributed by atoms with Crippen LogP contribution in [-0.4, -0.2) is 14.8 Å². The van der Waals surface area contributed by atoms with Gasteiger partial charge in [0, 0.05) is 36.9 Å². The molecule has 0 saturated carbocycles. The summed E-state index contributed by atoms with van der Waals surface area (Å²) in [6.07, 6.45) is 1.78. The lowest BCUT2D eigenvalue weighted by Crippen LogP contribution is -2.21. The first-order chi connectivity index (χ1) is 7.66. The molecular weight excluding hydrogens is 224 g/mol. The third-order valence-electron chi connectivity index (χ3n) is 2.47. The molecule has 2 aromatic heterocycles. The number of aromatic amines is 1. The zero-order valence-electron chi connectivity index (χ0n) is 9.23. The smallest absolute Gasteiger partial charge is 0.304 e. The summed E-state index contributed by atoms with van der Waals surface area (Å²) < 4.78 is 1.84. The predicted octanol–water partition coefficient (Wildman–Crippen LogP) is 1.02. The second kappa shape index (κ2) is 4.63. The van der Waals surface area contributed by atoms with Gasteiger partial charge in [-0.1, -0.05) is 11.3 Å². The maximum atomic E-state index is 10.9. The normalized spacial score (nSPS) is 12.9. The molecule has 1 unspecified atom stereocenters. The van der Waals surface area contributed by atoms with Crippen LogP contribution in [0.2, 0.25) is 0 Å². The minimum Gasteiger partial charge on any atom is -0.315 e. The van der Waals surface area contributed by atoms with Crippen LogP contribution < -0.4 is 10.2 Å². The second-order valence-corrected chi connectivity index (χ2v) is 4.50. The summed E-state index contributed by atoms with van der Waals surface area (Å²) in [5.41, 5.74) is 2.04. The van der Waals surface area contributed by atoms with E-state index in [0.29, 0.717) is 6.54 Å². The first-order valence-electron chi connectivity index (χ1n) is 5.05. The van der Waals surface area contributed by atoms with Gasteiger partial charge in [0.25, 0.3) is 0 Å². The Labute approximate surface area is 97.1 Å². The van der Waals surface area contributed by atoms with Crippen LogP contribution in [0.5, 0.6) is 0 Å². The van der Waals surface area contributed by atoms with E-state index in [1.165, 1.54) is 11.3 Å². The molecule has 0 bridgehead atoms. The summed E-state index contributed by atoms with van der Waals surface area (Å²) in [6, 6.07) is 2.18. The molecule has 2 heterocycles. The number of H-pyrrole nitrogens is 1. The molecule has 2 aromatic rings. The molecule has 5 nitrogen and oxygen atoms in total. The Morgan fingerprint density at radius 2 is 2.50 bits per heavy atom. The molecule has 0 aliphatic rings. The summed E-state index contributed by atoms with van der Waals surface area (Å²) in [4.78, 5) is 13.7. The van der Waals surface area contributed by atoms with Crippen molar-refractivity contribution in [1.82, 2.24) is 20.1 Å². The van der Waals surface area contributed by atoms with E-state index in [1.807, 2.05) is 23.2 Å². The van der Waals surface area contributed by atoms with Crippen molar-refractivity contribution in [3.8, 4) is 0 Å². The highest BCUT2D eigenvalue weighted by Crippen LogP contribution is 2.10. The second-order valence-electron chi connectivity index (χ2n) is 3.66. The lowest BCUT2D eigenvalue weighted by molar-refractivity contribution is 0.526. The molecule has 16 heavy (non-hydrogen) atoms. The standard InChI is InChI=1S/C10H14N4OS/c1-7(9-3-4-12-14(9)2)11-5-8-6-16-10(15)13-8/h3-4,6-7,11H,5H2,1-2H3,(H,13,15). The molecule has 0 aliphatic heterocycles. The van der Waals surface area contributed by atoms with Gasteiger partial charge in [-0.15, -0.1) is 0 Å². The van der Waals surface area contributed by atoms with Crippen molar-refractivity contribution >= 4 is 11.3 Å². The fourth-order valence-corrected chi connectivity index (χ4v) is 2.16. The van der Waals surface area contributed by atoms with Gasteiger partial charge in [0.15, 0.2) is 0 Å². The molecule has 6 heteroatoms. The SMILES string of the molecule is CC(NCc1csc(=O)[nH]1)c1ccnn1C. The van der Waals surface area contributed by atoms with Crippen molar-refractivity contribution in [2.75, 3.05) is 0 Å². The maximum absolute atomic E-state index is 10.9. The number of nitrogens with one attached hydrogen (secondary N) is 2. The minimum atomic E-state index is -0.00927. The van der Waals surface area contributed by atoms with Crippen LogP contribution in [0.25, 0.3) is 0 Å². The van der Waals surface area contributed by atoms with Crippen LogP contribution in [0, 0.1) is 0 Å². The summed E-state index contributed by atoms with van der Waals surface area (Å²) in [5, 5.41) is 9.29. The van der Waals surface area contributed by atoms with Gasteiger partial charge in [-0.25, -0.2) is 0 Å². The summed E-state index contributed by atoms with van der Waals surface area (Å²) in [6.45, 7) is 2.73. The van der Waals surface area contributed by atoms with Crippen LogP contribution in [0.3, 0.4) is 0 Å². The Hall–Kier alpha value is -1.40. The van der Waals surface area contributed by atoms with Crippen LogP contribution in [0.4, 0.5) is 0 Å². The summed E-state index contributed by atoms with van der Waals surface area (Å²) in [5.74, 6) is 0. The van der Waals surface area contributed by atoms with Crippen molar-refractivity contribution in [2.45, 2.75) is 19.5 Å². The Bertz CT molecular complexity index is 513. The van der Waals surface area contributed by atoms with Gasteiger partial charge in [0.1, 0.15) is 0 Å². The number of thiazole rings is 1. The van der Waals surface area contributed by atoms with E-state index in [2.05, 4.69) is 22.3 Å². The molecule has 2 rings (SSSR count). The predicted molar refractivity (Wildman–Crippen MR) is 63.4 cm³/mol. The molecule has 0 aromatic carbocycles. The number of aryl methyl sites for hydroxylation is 1. The topological polar surface area (TPSA) is 62.7 Å². The molecule has 0 saturated heterocycles. The monoisotopic (exact) mass is 238 g/mol. The van der Waals surface area contributed by atoms with Crippen LogP contribution in [0.1, 0.15) is 24.4 Å². The van der Waals surface area contributed by atoms with E-state index in [1.54, 1.807) is 6.20 Å². The average Bonchev–Trinajstić information content (AvgIpc) is 2.84. The van der Waals surface area contributed by atoms with E-state index in [4.69, 9.17) is 0 Å². The molecule has 0 radical (unpaired) electrons. The zero-order chi connectivity index (χ0) is 11.5. The number of hydrogen-bond donors (Lipinski definition) is 2. The van der Waals surface area contributed by atoms with E-state index < -0.39 is 0 Å². The Morgan fingerprint density at radius 3 is 3.06 bits per heavy atom. The van der Waals surface area contributed by atoms with Gasteiger partial charge >= 0.3 is 4.87 Å². The average molecular weight is 238 g/mol. The molecule has 0 amide bonds. The quantitative estimate of drug-likeness (QED) is 0.836. The van der Waals surface area contributed by atoms with Gasteiger partial charge in [-0.3, -0.25) is 9.48 Å². The maximum Gasteiger partial charge on any atom is 0.304 e. The van der Waals surface area contributed by atoms with E-state index in [9.17, 15) is 4.79 Å². The highest BCUT2D eigenvalue weighted by molar-refractivity contribution is 7.07. The van der Waals surface area contributed by atoms with Crippen molar-refractivity contribution in [3.63, 3.8) is 0 Å². The zero-order valence-corrected chi connectivity index (χ0v) is 10.0. The lowest BCUT2D eigenvalue weighted by atomic mass is 10.2. The van der Waals surface area contributed by atoms with E-state index >= 15 is 0 Å². The molecule has 1 atom stereocenters. The molecule has 0 fully saturated rings. The first-order valence-corrected chi connectivity index (χ1v) is 5.93. The Morgan fingerprint density at radius 1 is 1.69 bits per heavy atom. The number of hydrogen-bond acceptors (Lipinski definition) is 4. The molecule has 0 aliphatic carbocycles. The van der Waals surface area contributed by atoms with Crippen molar-refractivity contribution in [3.05, 3.63) is 38.7 Å². The largest absolute Gasteiger partial charge is 0.315 e. The highest BCUT2D eigenvalue weighted by Gasteiger charge is 2.08. The van der Waals surface area contributed by atoms with Crippen LogP contribution >= 0.6 is 11.3 Å². The van der Waals surface area contributed by atoms with Crippen molar-refractivity contribution in [2.24, 2.45) is 7.05 Å². The molecule has 0 spiro atoms. The molecule has 2 N–H and O–H groups in total. The third-order valence-corrected chi connectivity index (χ3v) is 3.19. The lowest BCUT2D eigenvalue weighted by Gasteiger charge is -2.13. The van der Waals surface area contributed by atoms with Crippen molar-refractivity contribution < 1.29 is 0 Å². The highest BCUT2D eigenvalue weighted by atomic mass is 32.1. The van der Waals surface area contributed by atoms with Gasteiger partial charge in [-0.05, 0) is 13.0 Å². The number of nitrogens with zero attached hydrogens (tertiary/aromatic N) is 2. The van der Waals surface area contributed by atoms with E-state index in [0.717, 1.165) is 11.4 Å². The molecular formula is C10H14N4OS. The van der Waals surface area contributed by atoms with Crippen molar-refractivity contribution in [1.29, 1.82) is 0 Å². The Kier molecular flexibility index (Phi) is 3.21. The first kappa shape index (κ1) is 11.1.